The van der Waals surface area contributed by atoms with Crippen LogP contribution < -0.4 is 5.32 Å². The molecule has 1 aliphatic rings. The average molecular weight is 340 g/mol. The lowest BCUT2D eigenvalue weighted by molar-refractivity contribution is -0.137. The summed E-state index contributed by atoms with van der Waals surface area (Å²) >= 11 is 0. The number of H-pyrrole nitrogens is 1. The molecule has 0 aliphatic carbocycles. The minimum atomic E-state index is -4.48. The zero-order chi connectivity index (χ0) is 17.3. The van der Waals surface area contributed by atoms with Gasteiger partial charge in [0.2, 0.25) is 11.8 Å². The second-order valence-electron chi connectivity index (χ2n) is 5.65. The molecule has 128 valence electrons. The van der Waals surface area contributed by atoms with Crippen LogP contribution in [0.3, 0.4) is 0 Å². The summed E-state index contributed by atoms with van der Waals surface area (Å²) < 4.78 is 38.4. The molecule has 0 bridgehead atoms. The molecule has 9 heteroatoms. The third kappa shape index (κ3) is 3.34. The van der Waals surface area contributed by atoms with Crippen molar-refractivity contribution in [1.82, 2.24) is 15.1 Å². The molecule has 6 nitrogen and oxygen atoms in total. The topological polar surface area (TPSA) is 78.1 Å². The summed E-state index contributed by atoms with van der Waals surface area (Å²) in [5, 5.41) is 9.05. The highest BCUT2D eigenvalue weighted by Gasteiger charge is 2.31. The Morgan fingerprint density at radius 2 is 2.12 bits per heavy atom. The summed E-state index contributed by atoms with van der Waals surface area (Å²) in [6.45, 7) is 0.373. The normalized spacial score (nSPS) is 15.8. The second kappa shape index (κ2) is 6.14. The van der Waals surface area contributed by atoms with Gasteiger partial charge in [-0.15, -0.1) is 0 Å². The highest BCUT2D eigenvalue weighted by Crippen LogP contribution is 2.32. The van der Waals surface area contributed by atoms with Gasteiger partial charge in [-0.05, 0) is 31.0 Å². The lowest BCUT2D eigenvalue weighted by Gasteiger charge is -2.25. The molecule has 1 aromatic heterocycles. The van der Waals surface area contributed by atoms with E-state index in [1.165, 1.54) is 11.0 Å². The zero-order valence-electron chi connectivity index (χ0n) is 12.6. The van der Waals surface area contributed by atoms with Crippen molar-refractivity contribution in [2.24, 2.45) is 0 Å². The van der Waals surface area contributed by atoms with Crippen LogP contribution in [0.25, 0.3) is 10.9 Å². The lowest BCUT2D eigenvalue weighted by atomic mass is 10.1. The van der Waals surface area contributed by atoms with Crippen LogP contribution in [0.4, 0.5) is 19.0 Å². The first-order valence-electron chi connectivity index (χ1n) is 7.47. The van der Waals surface area contributed by atoms with E-state index in [4.69, 9.17) is 0 Å². The van der Waals surface area contributed by atoms with Gasteiger partial charge in [0.15, 0.2) is 5.82 Å². The molecule has 0 atom stereocenters. The van der Waals surface area contributed by atoms with E-state index >= 15 is 0 Å². The fraction of sp³-hybridized carbons (Fsp3) is 0.400. The molecule has 0 saturated carbocycles. The van der Waals surface area contributed by atoms with Gasteiger partial charge in [0.1, 0.15) is 0 Å². The van der Waals surface area contributed by atoms with E-state index in [1.807, 2.05) is 0 Å². The van der Waals surface area contributed by atoms with Gasteiger partial charge in [-0.3, -0.25) is 14.7 Å². The molecule has 1 saturated heterocycles. The number of piperidine rings is 1. The van der Waals surface area contributed by atoms with Gasteiger partial charge in [0.05, 0.1) is 17.6 Å². The van der Waals surface area contributed by atoms with Crippen molar-refractivity contribution >= 4 is 28.5 Å². The van der Waals surface area contributed by atoms with Gasteiger partial charge in [-0.1, -0.05) is 0 Å². The molecule has 1 fully saturated rings. The molecular weight excluding hydrogens is 325 g/mol. The van der Waals surface area contributed by atoms with Gasteiger partial charge in [0, 0.05) is 18.4 Å². The maximum absolute atomic E-state index is 12.8. The van der Waals surface area contributed by atoms with Crippen molar-refractivity contribution in [3.8, 4) is 0 Å². The number of likely N-dealkylation sites (tertiary alicyclic amines) is 1. The number of hydrogen-bond acceptors (Lipinski definition) is 3. The van der Waals surface area contributed by atoms with E-state index < -0.39 is 17.6 Å². The molecule has 0 radical (unpaired) electrons. The van der Waals surface area contributed by atoms with Crippen LogP contribution in [-0.2, 0) is 15.8 Å². The Morgan fingerprint density at radius 1 is 1.33 bits per heavy atom. The van der Waals surface area contributed by atoms with E-state index in [2.05, 4.69) is 15.5 Å². The van der Waals surface area contributed by atoms with E-state index in [9.17, 15) is 22.8 Å². The van der Waals surface area contributed by atoms with Crippen molar-refractivity contribution in [1.29, 1.82) is 0 Å². The summed E-state index contributed by atoms with van der Waals surface area (Å²) in [6.07, 6.45) is -2.43. The number of nitrogens with one attached hydrogen (secondary N) is 2. The van der Waals surface area contributed by atoms with Crippen molar-refractivity contribution < 1.29 is 22.8 Å². The predicted octanol–water partition coefficient (Wildman–Crippen LogP) is 2.53. The van der Waals surface area contributed by atoms with Crippen molar-refractivity contribution in [2.75, 3.05) is 18.4 Å². The number of halogens is 3. The summed E-state index contributed by atoms with van der Waals surface area (Å²) in [5.74, 6) is -0.565. The van der Waals surface area contributed by atoms with E-state index in [0.29, 0.717) is 18.5 Å². The molecule has 1 aliphatic heterocycles. The van der Waals surface area contributed by atoms with E-state index in [-0.39, 0.29) is 23.7 Å². The number of nitrogens with zero attached hydrogens (tertiary/aromatic N) is 2. The molecular formula is C15H15F3N4O2. The Balaban J connectivity index is 1.77. The first kappa shape index (κ1) is 16.3. The summed E-state index contributed by atoms with van der Waals surface area (Å²) in [6, 6.07) is 3.13. The number of amides is 2. The van der Waals surface area contributed by atoms with Crippen LogP contribution in [0.2, 0.25) is 0 Å². The van der Waals surface area contributed by atoms with Gasteiger partial charge in [-0.25, -0.2) is 0 Å². The predicted molar refractivity (Wildman–Crippen MR) is 80.2 cm³/mol. The van der Waals surface area contributed by atoms with Crippen LogP contribution >= 0.6 is 0 Å². The summed E-state index contributed by atoms with van der Waals surface area (Å²) in [4.78, 5) is 25.2. The van der Waals surface area contributed by atoms with Gasteiger partial charge in [-0.2, -0.15) is 18.3 Å². The van der Waals surface area contributed by atoms with Crippen molar-refractivity contribution in [3.63, 3.8) is 0 Å². The minimum absolute atomic E-state index is 0.0190. The fourth-order valence-electron chi connectivity index (χ4n) is 2.66. The number of aromatic nitrogens is 2. The lowest BCUT2D eigenvalue weighted by Crippen LogP contribution is -2.40. The molecule has 2 amide bonds. The van der Waals surface area contributed by atoms with E-state index in [0.717, 1.165) is 25.0 Å². The monoisotopic (exact) mass is 340 g/mol. The number of aromatic amines is 1. The van der Waals surface area contributed by atoms with Crippen LogP contribution in [0.15, 0.2) is 18.2 Å². The SMILES string of the molecule is O=C(CN1CCCCC1=O)Nc1n[nH]c2ccc(C(F)(F)F)cc12. The average Bonchev–Trinajstić information content (AvgIpc) is 2.91. The maximum Gasteiger partial charge on any atom is 0.416 e. The van der Waals surface area contributed by atoms with Crippen LogP contribution in [0, 0.1) is 0 Å². The highest BCUT2D eigenvalue weighted by atomic mass is 19.4. The van der Waals surface area contributed by atoms with Gasteiger partial charge >= 0.3 is 6.18 Å². The number of hydrogen-bond donors (Lipinski definition) is 2. The smallest absolute Gasteiger partial charge is 0.333 e. The number of benzene rings is 1. The number of carbonyl (C=O) groups excluding carboxylic acids is 2. The second-order valence-corrected chi connectivity index (χ2v) is 5.65. The molecule has 1 aromatic carbocycles. The fourth-order valence-corrected chi connectivity index (χ4v) is 2.66. The van der Waals surface area contributed by atoms with Crippen molar-refractivity contribution in [2.45, 2.75) is 25.4 Å². The number of alkyl halides is 3. The number of rotatable bonds is 3. The van der Waals surface area contributed by atoms with Crippen LogP contribution in [0.1, 0.15) is 24.8 Å². The molecule has 0 unspecified atom stereocenters. The van der Waals surface area contributed by atoms with E-state index in [1.54, 1.807) is 0 Å². The number of fused-ring (bicyclic) bond motifs is 1. The first-order valence-corrected chi connectivity index (χ1v) is 7.47. The third-order valence-electron chi connectivity index (χ3n) is 3.90. The van der Waals surface area contributed by atoms with Crippen LogP contribution in [0.5, 0.6) is 0 Å². The maximum atomic E-state index is 12.8. The van der Waals surface area contributed by atoms with Gasteiger partial charge in [0.25, 0.3) is 0 Å². The minimum Gasteiger partial charge on any atom is -0.333 e. The Kier molecular flexibility index (Phi) is 4.16. The molecule has 24 heavy (non-hydrogen) atoms. The summed E-state index contributed by atoms with van der Waals surface area (Å²) in [5.41, 5.74) is -0.439. The standard InChI is InChI=1S/C15H15F3N4O2/c16-15(17,18)9-4-5-11-10(7-9)14(21-20-11)19-12(23)8-22-6-2-1-3-13(22)24/h4-5,7H,1-3,6,8H2,(H2,19,20,21,23). The molecule has 2 aromatic rings. The molecule has 2 heterocycles. The largest absolute Gasteiger partial charge is 0.416 e. The van der Waals surface area contributed by atoms with Crippen LogP contribution in [-0.4, -0.2) is 40.0 Å². The number of anilines is 1. The number of carbonyl (C=O) groups is 2. The highest BCUT2D eigenvalue weighted by molar-refractivity contribution is 6.01. The summed E-state index contributed by atoms with van der Waals surface area (Å²) in [7, 11) is 0. The Hall–Kier alpha value is -2.58. The molecule has 0 spiro atoms. The zero-order valence-corrected chi connectivity index (χ0v) is 12.6. The quantitative estimate of drug-likeness (QED) is 0.901. The van der Waals surface area contributed by atoms with Gasteiger partial charge < -0.3 is 10.2 Å². The van der Waals surface area contributed by atoms with Crippen molar-refractivity contribution in [3.05, 3.63) is 23.8 Å². The first-order chi connectivity index (χ1) is 11.3. The third-order valence-corrected chi connectivity index (χ3v) is 3.90. The Labute approximate surface area is 135 Å². The molecule has 2 N–H and O–H groups in total. The Morgan fingerprint density at radius 3 is 2.83 bits per heavy atom. The Bertz CT molecular complexity index is 785. The molecule has 3 rings (SSSR count).